The van der Waals surface area contributed by atoms with Gasteiger partial charge in [0.2, 0.25) is 0 Å². The maximum absolute atomic E-state index is 12.5. The average Bonchev–Trinajstić information content (AvgIpc) is 3.01. The van der Waals surface area contributed by atoms with E-state index in [4.69, 9.17) is 5.73 Å². The molecule has 1 atom stereocenters. The lowest BCUT2D eigenvalue weighted by Crippen LogP contribution is -2.26. The van der Waals surface area contributed by atoms with Crippen molar-refractivity contribution in [3.05, 3.63) is 58.8 Å². The first-order chi connectivity index (χ1) is 11.4. The van der Waals surface area contributed by atoms with E-state index in [1.54, 1.807) is 9.25 Å². The van der Waals surface area contributed by atoms with E-state index < -0.39 is 0 Å². The van der Waals surface area contributed by atoms with Gasteiger partial charge < -0.3 is 10.3 Å². The molecule has 0 aliphatic heterocycles. The predicted molar refractivity (Wildman–Crippen MR) is 94.6 cm³/mol. The molecule has 0 aliphatic carbocycles. The van der Waals surface area contributed by atoms with Gasteiger partial charge in [-0.3, -0.25) is 9.48 Å². The van der Waals surface area contributed by atoms with Crippen molar-refractivity contribution < 1.29 is 0 Å². The second-order valence-corrected chi connectivity index (χ2v) is 7.15. The second-order valence-electron chi connectivity index (χ2n) is 7.15. The Hall–Kier alpha value is -2.47. The Kier molecular flexibility index (Phi) is 4.24. The molecule has 2 N–H and O–H groups in total. The fraction of sp³-hybridized carbons (Fsp3) is 0.389. The van der Waals surface area contributed by atoms with Gasteiger partial charge in [0.05, 0.1) is 24.5 Å². The Morgan fingerprint density at radius 2 is 1.92 bits per heavy atom. The highest BCUT2D eigenvalue weighted by Gasteiger charge is 2.24. The topological polar surface area (TPSA) is 78.7 Å². The Labute approximate surface area is 140 Å². The molecule has 6 heteroatoms. The number of hydrogen-bond donors (Lipinski definition) is 1. The molecule has 0 saturated carbocycles. The molecule has 1 unspecified atom stereocenters. The van der Waals surface area contributed by atoms with Crippen LogP contribution in [0.15, 0.2) is 47.5 Å². The summed E-state index contributed by atoms with van der Waals surface area (Å²) in [6, 6.07) is 9.39. The van der Waals surface area contributed by atoms with Crippen molar-refractivity contribution in [2.45, 2.75) is 39.9 Å². The zero-order chi connectivity index (χ0) is 17.3. The molecule has 2 heterocycles. The van der Waals surface area contributed by atoms with Crippen LogP contribution in [0.1, 0.15) is 32.5 Å². The van der Waals surface area contributed by atoms with Crippen molar-refractivity contribution >= 4 is 10.8 Å². The van der Waals surface area contributed by atoms with E-state index in [0.29, 0.717) is 13.1 Å². The van der Waals surface area contributed by atoms with E-state index in [9.17, 15) is 4.79 Å². The molecule has 0 fully saturated rings. The van der Waals surface area contributed by atoms with Crippen molar-refractivity contribution in [1.82, 2.24) is 19.6 Å². The summed E-state index contributed by atoms with van der Waals surface area (Å²) in [6.45, 7) is 7.33. The molecule has 0 radical (unpaired) electrons. The third-order valence-corrected chi connectivity index (χ3v) is 4.26. The van der Waals surface area contributed by atoms with Crippen LogP contribution in [-0.4, -0.2) is 19.6 Å². The fourth-order valence-electron chi connectivity index (χ4n) is 2.62. The molecule has 126 valence electrons. The molecular formula is C18H23N5O. The quantitative estimate of drug-likeness (QED) is 0.798. The number of benzene rings is 1. The molecule has 3 aromatic rings. The van der Waals surface area contributed by atoms with Gasteiger partial charge in [-0.05, 0) is 22.9 Å². The van der Waals surface area contributed by atoms with Gasteiger partial charge in [-0.25, -0.2) is 0 Å². The van der Waals surface area contributed by atoms with Gasteiger partial charge in [0.1, 0.15) is 0 Å². The highest BCUT2D eigenvalue weighted by molar-refractivity contribution is 5.81. The van der Waals surface area contributed by atoms with Crippen LogP contribution in [0, 0.1) is 5.41 Å². The Balaban J connectivity index is 1.76. The first-order valence-electron chi connectivity index (χ1n) is 8.10. The molecule has 24 heavy (non-hydrogen) atoms. The van der Waals surface area contributed by atoms with Gasteiger partial charge in [0, 0.05) is 18.1 Å². The van der Waals surface area contributed by atoms with Crippen molar-refractivity contribution in [2.24, 2.45) is 11.1 Å². The fourth-order valence-corrected chi connectivity index (χ4v) is 2.62. The van der Waals surface area contributed by atoms with Crippen molar-refractivity contribution in [3.63, 3.8) is 0 Å². The first-order valence-corrected chi connectivity index (χ1v) is 8.10. The number of rotatable bonds is 4. The highest BCUT2D eigenvalue weighted by Crippen LogP contribution is 2.28. The van der Waals surface area contributed by atoms with Gasteiger partial charge in [-0.15, -0.1) is 5.10 Å². The van der Waals surface area contributed by atoms with Crippen molar-refractivity contribution in [2.75, 3.05) is 0 Å². The third-order valence-electron chi connectivity index (χ3n) is 4.26. The number of fused-ring (bicyclic) bond motifs is 1. The number of hydrogen-bond acceptors (Lipinski definition) is 4. The number of pyridine rings is 1. The van der Waals surface area contributed by atoms with Crippen LogP contribution in [0.2, 0.25) is 0 Å². The standard InChI is InChI=1S/C18H23N5O/c1-18(2,3)16(19)15-12-23(21-20-15)11-10-22-9-8-13-6-4-5-7-14(13)17(22)24/h4-9,12,16H,10-11,19H2,1-3H3. The van der Waals surface area contributed by atoms with Crippen molar-refractivity contribution in [1.29, 1.82) is 0 Å². The lowest BCUT2D eigenvalue weighted by Gasteiger charge is -2.24. The molecule has 2 aromatic heterocycles. The minimum atomic E-state index is -0.172. The monoisotopic (exact) mass is 325 g/mol. The lowest BCUT2D eigenvalue weighted by atomic mass is 9.86. The van der Waals surface area contributed by atoms with E-state index >= 15 is 0 Å². The second kappa shape index (κ2) is 6.20. The largest absolute Gasteiger partial charge is 0.322 e. The van der Waals surface area contributed by atoms with E-state index in [2.05, 4.69) is 31.1 Å². The summed E-state index contributed by atoms with van der Waals surface area (Å²) < 4.78 is 3.44. The zero-order valence-electron chi connectivity index (χ0n) is 14.3. The summed E-state index contributed by atoms with van der Waals surface area (Å²) in [5, 5.41) is 9.98. The predicted octanol–water partition coefficient (Wildman–Crippen LogP) is 2.34. The molecule has 0 spiro atoms. The van der Waals surface area contributed by atoms with Crippen LogP contribution in [0.4, 0.5) is 0 Å². The van der Waals surface area contributed by atoms with E-state index in [1.165, 1.54) is 0 Å². The molecule has 0 amide bonds. The van der Waals surface area contributed by atoms with Crippen LogP contribution in [0.3, 0.4) is 0 Å². The average molecular weight is 325 g/mol. The molecule has 0 bridgehead atoms. The van der Waals surface area contributed by atoms with Crippen LogP contribution in [-0.2, 0) is 13.1 Å². The SMILES string of the molecule is CC(C)(C)C(N)c1cn(CCn2ccc3ccccc3c2=O)nn1. The third kappa shape index (κ3) is 3.23. The number of aryl methyl sites for hydroxylation is 2. The highest BCUT2D eigenvalue weighted by atomic mass is 16.1. The molecule has 6 nitrogen and oxygen atoms in total. The first kappa shape index (κ1) is 16.4. The normalized spacial score (nSPS) is 13.3. The zero-order valence-corrected chi connectivity index (χ0v) is 14.3. The maximum atomic E-state index is 12.5. The minimum absolute atomic E-state index is 0.0137. The minimum Gasteiger partial charge on any atom is -0.322 e. The number of nitrogens with zero attached hydrogens (tertiary/aromatic N) is 4. The van der Waals surface area contributed by atoms with Crippen LogP contribution in [0.5, 0.6) is 0 Å². The summed E-state index contributed by atoms with van der Waals surface area (Å²) in [6.07, 6.45) is 3.69. The lowest BCUT2D eigenvalue weighted by molar-refractivity contribution is 0.321. The summed E-state index contributed by atoms with van der Waals surface area (Å²) >= 11 is 0. The van der Waals surface area contributed by atoms with E-state index in [0.717, 1.165) is 16.5 Å². The van der Waals surface area contributed by atoms with Crippen molar-refractivity contribution in [3.8, 4) is 0 Å². The molecule has 1 aromatic carbocycles. The Morgan fingerprint density at radius 3 is 2.67 bits per heavy atom. The summed E-state index contributed by atoms with van der Waals surface area (Å²) in [7, 11) is 0. The van der Waals surface area contributed by atoms with Gasteiger partial charge in [-0.1, -0.05) is 44.2 Å². The van der Waals surface area contributed by atoms with Gasteiger partial charge >= 0.3 is 0 Å². The number of nitrogens with two attached hydrogens (primary N) is 1. The van der Waals surface area contributed by atoms with Crippen LogP contribution < -0.4 is 11.3 Å². The van der Waals surface area contributed by atoms with Gasteiger partial charge in [0.15, 0.2) is 0 Å². The van der Waals surface area contributed by atoms with E-state index in [1.807, 2.05) is 42.7 Å². The van der Waals surface area contributed by atoms with Gasteiger partial charge in [0.25, 0.3) is 5.56 Å². The summed E-state index contributed by atoms with van der Waals surface area (Å²) in [5.74, 6) is 0. The maximum Gasteiger partial charge on any atom is 0.258 e. The van der Waals surface area contributed by atoms with E-state index in [-0.39, 0.29) is 17.0 Å². The summed E-state index contributed by atoms with van der Waals surface area (Å²) in [5.41, 5.74) is 6.92. The molecular weight excluding hydrogens is 302 g/mol. The molecule has 3 rings (SSSR count). The van der Waals surface area contributed by atoms with Gasteiger partial charge in [-0.2, -0.15) is 0 Å². The number of aromatic nitrogens is 4. The Bertz CT molecular complexity index is 903. The van der Waals surface area contributed by atoms with Crippen LogP contribution in [0.25, 0.3) is 10.8 Å². The smallest absolute Gasteiger partial charge is 0.258 e. The Morgan fingerprint density at radius 1 is 1.17 bits per heavy atom. The molecule has 0 saturated heterocycles. The summed E-state index contributed by atoms with van der Waals surface area (Å²) in [4.78, 5) is 12.5. The van der Waals surface area contributed by atoms with Crippen LogP contribution >= 0.6 is 0 Å². The molecule has 0 aliphatic rings.